The summed E-state index contributed by atoms with van der Waals surface area (Å²) in [6, 6.07) is 0. The van der Waals surface area contributed by atoms with E-state index >= 15 is 0 Å². The number of halogens is 1. The molecular formula is C10H17ClN4O. The fourth-order valence-corrected chi connectivity index (χ4v) is 1.67. The molecule has 0 atom stereocenters. The number of hydrogen-bond donors (Lipinski definition) is 2. The molecule has 0 amide bonds. The van der Waals surface area contributed by atoms with Crippen molar-refractivity contribution in [3.05, 3.63) is 21.6 Å². The van der Waals surface area contributed by atoms with Crippen molar-refractivity contribution in [2.45, 2.75) is 13.8 Å². The summed E-state index contributed by atoms with van der Waals surface area (Å²) in [7, 11) is 1.86. The van der Waals surface area contributed by atoms with Crippen molar-refractivity contribution in [2.24, 2.45) is 11.1 Å². The number of anilines is 1. The highest BCUT2D eigenvalue weighted by atomic mass is 35.5. The van der Waals surface area contributed by atoms with Crippen LogP contribution in [0.2, 0.25) is 5.02 Å². The second kappa shape index (κ2) is 4.84. The van der Waals surface area contributed by atoms with Crippen LogP contribution in [0.5, 0.6) is 0 Å². The molecule has 0 aromatic carbocycles. The molecule has 0 unspecified atom stereocenters. The van der Waals surface area contributed by atoms with Crippen LogP contribution in [0.1, 0.15) is 13.8 Å². The van der Waals surface area contributed by atoms with Gasteiger partial charge >= 0.3 is 0 Å². The number of rotatable bonds is 4. The zero-order valence-corrected chi connectivity index (χ0v) is 10.5. The second-order valence-electron chi connectivity index (χ2n) is 4.62. The lowest BCUT2D eigenvalue weighted by Gasteiger charge is -2.30. The molecule has 0 bridgehead atoms. The van der Waals surface area contributed by atoms with Crippen molar-refractivity contribution in [2.75, 3.05) is 25.0 Å². The molecule has 5 nitrogen and oxygen atoms in total. The van der Waals surface area contributed by atoms with E-state index in [-0.39, 0.29) is 16.0 Å². The van der Waals surface area contributed by atoms with E-state index in [0.717, 1.165) is 0 Å². The van der Waals surface area contributed by atoms with Crippen LogP contribution in [0, 0.1) is 5.41 Å². The van der Waals surface area contributed by atoms with E-state index in [1.54, 1.807) is 0 Å². The van der Waals surface area contributed by atoms with E-state index in [1.807, 2.05) is 11.9 Å². The number of aromatic amines is 1. The normalized spacial score (nSPS) is 11.6. The van der Waals surface area contributed by atoms with Crippen LogP contribution in [0.15, 0.2) is 11.0 Å². The van der Waals surface area contributed by atoms with Crippen LogP contribution < -0.4 is 16.2 Å². The van der Waals surface area contributed by atoms with Crippen LogP contribution >= 0.6 is 11.6 Å². The standard InChI is InChI=1S/C10H17ClN4O/c1-10(2,5-12)6-15(3)7-4-13-14-9(16)8(7)11/h4H,5-6,12H2,1-3H3,(H,14,16). The summed E-state index contributed by atoms with van der Waals surface area (Å²) in [5.41, 5.74) is 5.86. The summed E-state index contributed by atoms with van der Waals surface area (Å²) in [4.78, 5) is 13.2. The third kappa shape index (κ3) is 2.96. The number of nitrogens with zero attached hydrogens (tertiary/aromatic N) is 2. The highest BCUT2D eigenvalue weighted by molar-refractivity contribution is 6.32. The lowest BCUT2D eigenvalue weighted by atomic mass is 9.93. The maximum absolute atomic E-state index is 11.3. The lowest BCUT2D eigenvalue weighted by molar-refractivity contribution is 0.385. The third-order valence-corrected chi connectivity index (χ3v) is 2.77. The van der Waals surface area contributed by atoms with E-state index in [9.17, 15) is 4.79 Å². The van der Waals surface area contributed by atoms with Gasteiger partial charge in [0.2, 0.25) is 0 Å². The van der Waals surface area contributed by atoms with Gasteiger partial charge in [0.25, 0.3) is 5.56 Å². The number of nitrogens with two attached hydrogens (primary N) is 1. The largest absolute Gasteiger partial charge is 0.371 e. The van der Waals surface area contributed by atoms with Gasteiger partial charge in [-0.25, -0.2) is 5.10 Å². The molecule has 0 fully saturated rings. The Balaban J connectivity index is 2.93. The Bertz CT molecular complexity index is 416. The second-order valence-corrected chi connectivity index (χ2v) is 5.00. The zero-order valence-electron chi connectivity index (χ0n) is 9.75. The van der Waals surface area contributed by atoms with Crippen molar-refractivity contribution >= 4 is 17.3 Å². The monoisotopic (exact) mass is 244 g/mol. The number of aromatic nitrogens is 2. The molecule has 0 saturated heterocycles. The third-order valence-electron chi connectivity index (χ3n) is 2.41. The molecule has 16 heavy (non-hydrogen) atoms. The van der Waals surface area contributed by atoms with E-state index in [1.165, 1.54) is 6.20 Å². The smallest absolute Gasteiger partial charge is 0.285 e. The van der Waals surface area contributed by atoms with Gasteiger partial charge in [0.1, 0.15) is 5.02 Å². The molecule has 90 valence electrons. The highest BCUT2D eigenvalue weighted by Crippen LogP contribution is 2.23. The van der Waals surface area contributed by atoms with Crippen LogP contribution in [0.25, 0.3) is 0 Å². The van der Waals surface area contributed by atoms with Crippen molar-refractivity contribution in [3.8, 4) is 0 Å². The van der Waals surface area contributed by atoms with E-state index in [0.29, 0.717) is 18.8 Å². The predicted molar refractivity (Wildman–Crippen MR) is 66.0 cm³/mol. The van der Waals surface area contributed by atoms with Gasteiger partial charge in [0.05, 0.1) is 11.9 Å². The molecule has 0 saturated carbocycles. The first-order chi connectivity index (χ1) is 7.37. The quantitative estimate of drug-likeness (QED) is 0.823. The summed E-state index contributed by atoms with van der Waals surface area (Å²) in [5, 5.41) is 6.17. The van der Waals surface area contributed by atoms with E-state index in [4.69, 9.17) is 17.3 Å². The van der Waals surface area contributed by atoms with Gasteiger partial charge in [-0.2, -0.15) is 5.10 Å². The average molecular weight is 245 g/mol. The summed E-state index contributed by atoms with van der Waals surface area (Å²) in [6.45, 7) is 5.37. The fraction of sp³-hybridized carbons (Fsp3) is 0.600. The minimum Gasteiger partial charge on any atom is -0.371 e. The van der Waals surface area contributed by atoms with E-state index in [2.05, 4.69) is 24.0 Å². The average Bonchev–Trinajstić information content (AvgIpc) is 2.21. The molecule has 3 N–H and O–H groups in total. The van der Waals surface area contributed by atoms with Gasteiger partial charge < -0.3 is 10.6 Å². The maximum Gasteiger partial charge on any atom is 0.285 e. The zero-order chi connectivity index (χ0) is 12.3. The van der Waals surface area contributed by atoms with Crippen molar-refractivity contribution in [3.63, 3.8) is 0 Å². The van der Waals surface area contributed by atoms with Crippen molar-refractivity contribution in [1.29, 1.82) is 0 Å². The summed E-state index contributed by atoms with van der Waals surface area (Å²) in [5.74, 6) is 0. The first kappa shape index (κ1) is 13.0. The Kier molecular flexibility index (Phi) is 3.93. The van der Waals surface area contributed by atoms with Gasteiger partial charge in [-0.15, -0.1) is 0 Å². The lowest BCUT2D eigenvalue weighted by Crippen LogP contribution is -2.37. The maximum atomic E-state index is 11.3. The molecule has 0 aliphatic rings. The van der Waals surface area contributed by atoms with Gasteiger partial charge in [0.15, 0.2) is 0 Å². The Morgan fingerprint density at radius 3 is 2.81 bits per heavy atom. The van der Waals surface area contributed by atoms with Gasteiger partial charge in [-0.1, -0.05) is 25.4 Å². The molecule has 0 aliphatic carbocycles. The van der Waals surface area contributed by atoms with Crippen molar-refractivity contribution in [1.82, 2.24) is 10.2 Å². The van der Waals surface area contributed by atoms with Crippen LogP contribution in [0.4, 0.5) is 5.69 Å². The molecule has 0 radical (unpaired) electrons. The highest BCUT2D eigenvalue weighted by Gasteiger charge is 2.20. The number of nitrogens with one attached hydrogen (secondary N) is 1. The first-order valence-corrected chi connectivity index (χ1v) is 5.39. The van der Waals surface area contributed by atoms with Gasteiger partial charge in [-0.3, -0.25) is 4.79 Å². The van der Waals surface area contributed by atoms with Crippen LogP contribution in [-0.4, -0.2) is 30.3 Å². The summed E-state index contributed by atoms with van der Waals surface area (Å²) in [6.07, 6.45) is 1.54. The molecule has 6 heteroatoms. The number of hydrogen-bond acceptors (Lipinski definition) is 4. The Morgan fingerprint density at radius 1 is 1.62 bits per heavy atom. The first-order valence-electron chi connectivity index (χ1n) is 5.02. The topological polar surface area (TPSA) is 75.0 Å². The predicted octanol–water partition coefficient (Wildman–Crippen LogP) is 0.844. The Hall–Kier alpha value is -1.07. The Labute approximate surface area is 99.6 Å². The molecule has 0 spiro atoms. The Morgan fingerprint density at radius 2 is 2.25 bits per heavy atom. The van der Waals surface area contributed by atoms with Gasteiger partial charge in [0, 0.05) is 13.6 Å². The summed E-state index contributed by atoms with van der Waals surface area (Å²) >= 11 is 5.90. The minimum atomic E-state index is -0.378. The number of H-pyrrole nitrogens is 1. The van der Waals surface area contributed by atoms with Crippen LogP contribution in [-0.2, 0) is 0 Å². The minimum absolute atomic E-state index is 0.0410. The van der Waals surface area contributed by atoms with E-state index < -0.39 is 0 Å². The molecule has 1 aromatic heterocycles. The SMILES string of the molecule is CN(CC(C)(C)CN)c1cn[nH]c(=O)c1Cl. The van der Waals surface area contributed by atoms with Crippen LogP contribution in [0.3, 0.4) is 0 Å². The molecule has 1 rings (SSSR count). The van der Waals surface area contributed by atoms with Crippen molar-refractivity contribution < 1.29 is 0 Å². The molecule has 1 heterocycles. The van der Waals surface area contributed by atoms with Gasteiger partial charge in [-0.05, 0) is 12.0 Å². The molecular weight excluding hydrogens is 228 g/mol. The fourth-order valence-electron chi connectivity index (χ4n) is 1.43. The molecule has 1 aromatic rings. The summed E-state index contributed by atoms with van der Waals surface area (Å²) < 4.78 is 0. The molecule has 0 aliphatic heterocycles.